The van der Waals surface area contributed by atoms with E-state index in [0.29, 0.717) is 5.15 Å². The van der Waals surface area contributed by atoms with Crippen molar-refractivity contribution in [2.45, 2.75) is 0 Å². The van der Waals surface area contributed by atoms with Crippen molar-refractivity contribution in [2.75, 3.05) is 5.32 Å². The Balaban J connectivity index is 1.95. The smallest absolute Gasteiger partial charge is 0.131 e. The van der Waals surface area contributed by atoms with Gasteiger partial charge in [0.15, 0.2) is 0 Å². The quantitative estimate of drug-likeness (QED) is 0.703. The molecule has 0 saturated carbocycles. The lowest BCUT2D eigenvalue weighted by molar-refractivity contribution is 1.32. The summed E-state index contributed by atoms with van der Waals surface area (Å²) in [6.45, 7) is 0. The molecule has 2 heterocycles. The predicted molar refractivity (Wildman–Crippen MR) is 74.3 cm³/mol. The minimum absolute atomic E-state index is 0.474. The third-order valence-electron chi connectivity index (χ3n) is 2.62. The standard InChI is InChI=1S/C14H10ClN3/c15-14-9-12(5-7-17-14)18-11-3-4-13-10(8-11)2-1-6-16-13/h1-9H,(H,17,18). The summed E-state index contributed by atoms with van der Waals surface area (Å²) in [5, 5.41) is 4.86. The molecule has 1 N–H and O–H groups in total. The first-order valence-corrected chi connectivity index (χ1v) is 5.92. The second-order valence-electron chi connectivity index (χ2n) is 3.90. The highest BCUT2D eigenvalue weighted by molar-refractivity contribution is 6.29. The van der Waals surface area contributed by atoms with Crippen LogP contribution in [0.15, 0.2) is 54.9 Å². The van der Waals surface area contributed by atoms with Crippen LogP contribution < -0.4 is 5.32 Å². The molecule has 0 radical (unpaired) electrons. The molecule has 0 atom stereocenters. The highest BCUT2D eigenvalue weighted by atomic mass is 35.5. The number of halogens is 1. The number of anilines is 2. The lowest BCUT2D eigenvalue weighted by Crippen LogP contribution is -1.91. The Bertz CT molecular complexity index is 697. The molecule has 3 nitrogen and oxygen atoms in total. The molecule has 3 rings (SSSR count). The summed E-state index contributed by atoms with van der Waals surface area (Å²) in [4.78, 5) is 8.23. The molecule has 88 valence electrons. The summed E-state index contributed by atoms with van der Waals surface area (Å²) in [5.74, 6) is 0. The van der Waals surface area contributed by atoms with Gasteiger partial charge in [0, 0.05) is 29.2 Å². The third-order valence-corrected chi connectivity index (χ3v) is 2.82. The fraction of sp³-hybridized carbons (Fsp3) is 0. The average molecular weight is 256 g/mol. The van der Waals surface area contributed by atoms with Gasteiger partial charge in [-0.1, -0.05) is 17.7 Å². The molecule has 1 aromatic carbocycles. The molecule has 0 amide bonds. The number of nitrogens with one attached hydrogen (secondary N) is 1. The summed E-state index contributed by atoms with van der Waals surface area (Å²) in [6.07, 6.45) is 3.46. The molecular weight excluding hydrogens is 246 g/mol. The van der Waals surface area contributed by atoms with Crippen LogP contribution in [0.25, 0.3) is 10.9 Å². The number of aromatic nitrogens is 2. The van der Waals surface area contributed by atoms with Gasteiger partial charge in [-0.15, -0.1) is 0 Å². The Hall–Kier alpha value is -2.13. The fourth-order valence-electron chi connectivity index (χ4n) is 1.80. The van der Waals surface area contributed by atoms with Crippen molar-refractivity contribution in [3.63, 3.8) is 0 Å². The zero-order valence-electron chi connectivity index (χ0n) is 9.47. The maximum atomic E-state index is 5.85. The number of hydrogen-bond acceptors (Lipinski definition) is 3. The molecule has 4 heteroatoms. The van der Waals surface area contributed by atoms with Crippen LogP contribution in [0.4, 0.5) is 11.4 Å². The lowest BCUT2D eigenvalue weighted by Gasteiger charge is -2.07. The monoisotopic (exact) mass is 255 g/mol. The van der Waals surface area contributed by atoms with Gasteiger partial charge in [0.05, 0.1) is 5.52 Å². The van der Waals surface area contributed by atoms with Crippen molar-refractivity contribution in [1.29, 1.82) is 0 Å². The Kier molecular flexibility index (Phi) is 2.82. The first-order chi connectivity index (χ1) is 8.81. The van der Waals surface area contributed by atoms with Gasteiger partial charge in [-0.2, -0.15) is 0 Å². The molecule has 0 spiro atoms. The van der Waals surface area contributed by atoms with Crippen molar-refractivity contribution in [3.05, 3.63) is 60.0 Å². The summed E-state index contributed by atoms with van der Waals surface area (Å²) in [5.41, 5.74) is 2.90. The fourth-order valence-corrected chi connectivity index (χ4v) is 1.97. The van der Waals surface area contributed by atoms with E-state index in [4.69, 9.17) is 11.6 Å². The van der Waals surface area contributed by atoms with E-state index >= 15 is 0 Å². The predicted octanol–water partition coefficient (Wildman–Crippen LogP) is 4.03. The largest absolute Gasteiger partial charge is 0.355 e. The van der Waals surface area contributed by atoms with Crippen LogP contribution in [0, 0.1) is 0 Å². The zero-order chi connectivity index (χ0) is 12.4. The molecule has 0 aliphatic rings. The normalized spacial score (nSPS) is 10.5. The van der Waals surface area contributed by atoms with E-state index in [1.165, 1.54) is 0 Å². The molecule has 18 heavy (non-hydrogen) atoms. The Morgan fingerprint density at radius 3 is 2.67 bits per heavy atom. The molecule has 0 unspecified atom stereocenters. The van der Waals surface area contributed by atoms with Gasteiger partial charge in [0.1, 0.15) is 5.15 Å². The number of nitrogens with zero attached hydrogens (tertiary/aromatic N) is 2. The number of pyridine rings is 2. The van der Waals surface area contributed by atoms with Crippen molar-refractivity contribution in [1.82, 2.24) is 9.97 Å². The van der Waals surface area contributed by atoms with Crippen LogP contribution in [0.1, 0.15) is 0 Å². The molecule has 2 aromatic heterocycles. The Morgan fingerprint density at radius 1 is 0.889 bits per heavy atom. The van der Waals surface area contributed by atoms with Gasteiger partial charge in [0.25, 0.3) is 0 Å². The summed E-state index contributed by atoms with van der Waals surface area (Å²) in [7, 11) is 0. The van der Waals surface area contributed by atoms with Crippen LogP contribution in [-0.2, 0) is 0 Å². The molecular formula is C14H10ClN3. The Labute approximate surface area is 109 Å². The number of fused-ring (bicyclic) bond motifs is 1. The minimum atomic E-state index is 0.474. The maximum absolute atomic E-state index is 5.85. The van der Waals surface area contributed by atoms with Crippen molar-refractivity contribution < 1.29 is 0 Å². The summed E-state index contributed by atoms with van der Waals surface area (Å²) >= 11 is 5.85. The minimum Gasteiger partial charge on any atom is -0.355 e. The van der Waals surface area contributed by atoms with Gasteiger partial charge in [-0.25, -0.2) is 4.98 Å². The average Bonchev–Trinajstić information content (AvgIpc) is 2.39. The first-order valence-electron chi connectivity index (χ1n) is 5.55. The second kappa shape index (κ2) is 4.63. The molecule has 0 aliphatic carbocycles. The SMILES string of the molecule is Clc1cc(Nc2ccc3ncccc3c2)ccn1. The van der Waals surface area contributed by atoms with E-state index in [-0.39, 0.29) is 0 Å². The molecule has 0 aliphatic heterocycles. The number of hydrogen-bond donors (Lipinski definition) is 1. The topological polar surface area (TPSA) is 37.8 Å². The summed E-state index contributed by atoms with van der Waals surface area (Å²) < 4.78 is 0. The number of benzene rings is 1. The molecule has 3 aromatic rings. The van der Waals surface area contributed by atoms with Gasteiger partial charge >= 0.3 is 0 Å². The highest BCUT2D eigenvalue weighted by Crippen LogP contribution is 2.22. The van der Waals surface area contributed by atoms with E-state index in [1.54, 1.807) is 18.5 Å². The van der Waals surface area contributed by atoms with Crippen molar-refractivity contribution in [2.24, 2.45) is 0 Å². The van der Waals surface area contributed by atoms with Crippen LogP contribution >= 0.6 is 11.6 Å². The van der Waals surface area contributed by atoms with Crippen molar-refractivity contribution in [3.8, 4) is 0 Å². The molecule has 0 fully saturated rings. The van der Waals surface area contributed by atoms with E-state index in [1.807, 2.05) is 30.3 Å². The van der Waals surface area contributed by atoms with Gasteiger partial charge < -0.3 is 5.32 Å². The summed E-state index contributed by atoms with van der Waals surface area (Å²) in [6, 6.07) is 13.7. The third kappa shape index (κ3) is 2.26. The van der Waals surface area contributed by atoms with E-state index in [9.17, 15) is 0 Å². The molecule has 0 saturated heterocycles. The van der Waals surface area contributed by atoms with Gasteiger partial charge in [-0.3, -0.25) is 4.98 Å². The molecule has 0 bridgehead atoms. The van der Waals surface area contributed by atoms with Crippen LogP contribution in [0.2, 0.25) is 5.15 Å². The van der Waals surface area contributed by atoms with Gasteiger partial charge in [0.2, 0.25) is 0 Å². The highest BCUT2D eigenvalue weighted by Gasteiger charge is 1.98. The zero-order valence-corrected chi connectivity index (χ0v) is 10.2. The van der Waals surface area contributed by atoms with E-state index < -0.39 is 0 Å². The van der Waals surface area contributed by atoms with Crippen LogP contribution in [0.5, 0.6) is 0 Å². The number of rotatable bonds is 2. The first kappa shape index (κ1) is 11.0. The van der Waals surface area contributed by atoms with Crippen LogP contribution in [-0.4, -0.2) is 9.97 Å². The van der Waals surface area contributed by atoms with E-state index in [0.717, 1.165) is 22.3 Å². The van der Waals surface area contributed by atoms with Crippen molar-refractivity contribution >= 4 is 33.9 Å². The van der Waals surface area contributed by atoms with Crippen LogP contribution in [0.3, 0.4) is 0 Å². The Morgan fingerprint density at radius 2 is 1.78 bits per heavy atom. The van der Waals surface area contributed by atoms with Gasteiger partial charge in [-0.05, 0) is 36.4 Å². The second-order valence-corrected chi connectivity index (χ2v) is 4.29. The lowest BCUT2D eigenvalue weighted by atomic mass is 10.2. The maximum Gasteiger partial charge on any atom is 0.131 e. The van der Waals surface area contributed by atoms with E-state index in [2.05, 4.69) is 21.4 Å².